The van der Waals surface area contributed by atoms with Crippen LogP contribution in [0.1, 0.15) is 12.8 Å². The summed E-state index contributed by atoms with van der Waals surface area (Å²) in [5.41, 5.74) is 5.00. The fourth-order valence-corrected chi connectivity index (χ4v) is 0.332. The molecule has 0 aliphatic heterocycles. The van der Waals surface area contributed by atoms with Crippen molar-refractivity contribution in [1.29, 1.82) is 5.41 Å². The molecule has 0 atom stereocenters. The van der Waals surface area contributed by atoms with Crippen LogP contribution in [0.4, 0.5) is 0 Å². The number of hydrogen-bond acceptors (Lipinski definition) is 2. The third kappa shape index (κ3) is 5.56. The summed E-state index contributed by atoms with van der Waals surface area (Å²) in [6.45, 7) is 0. The van der Waals surface area contributed by atoms with Crippen LogP contribution in [0.2, 0.25) is 0 Å². The maximum Gasteiger partial charge on any atom is 0.0908 e. The average Bonchev–Trinajstić information content (AvgIpc) is 1.61. The van der Waals surface area contributed by atoms with Crippen molar-refractivity contribution in [2.24, 2.45) is 5.73 Å². The summed E-state index contributed by atoms with van der Waals surface area (Å²) in [5.74, 6) is 0.209. The third-order valence-corrected chi connectivity index (χ3v) is 0.767. The standard InChI is InChI=1S/C4H8N2S/c5-4(6)2-1-3-7/h3H,1-2H2,(H3,5,6). The highest BCUT2D eigenvalue weighted by Gasteiger charge is 1.82. The highest BCUT2D eigenvalue weighted by atomic mass is 32.1. The van der Waals surface area contributed by atoms with Crippen molar-refractivity contribution in [2.75, 3.05) is 0 Å². The monoisotopic (exact) mass is 116 g/mol. The van der Waals surface area contributed by atoms with E-state index in [1.807, 2.05) is 0 Å². The molecule has 2 nitrogen and oxygen atoms in total. The van der Waals surface area contributed by atoms with E-state index in [4.69, 9.17) is 11.1 Å². The Hall–Kier alpha value is -0.440. The second-order valence-electron chi connectivity index (χ2n) is 1.23. The molecular formula is C4H8N2S. The first kappa shape index (κ1) is 6.56. The molecule has 0 saturated carbocycles. The smallest absolute Gasteiger partial charge is 0.0908 e. The topological polar surface area (TPSA) is 49.9 Å². The molecular weight excluding hydrogens is 108 g/mol. The quantitative estimate of drug-likeness (QED) is 0.324. The van der Waals surface area contributed by atoms with E-state index >= 15 is 0 Å². The summed E-state index contributed by atoms with van der Waals surface area (Å²) in [5, 5.41) is 8.29. The lowest BCUT2D eigenvalue weighted by atomic mass is 10.3. The van der Waals surface area contributed by atoms with E-state index in [1.165, 1.54) is 0 Å². The lowest BCUT2D eigenvalue weighted by Gasteiger charge is -1.86. The van der Waals surface area contributed by atoms with Crippen LogP contribution in [-0.4, -0.2) is 11.2 Å². The van der Waals surface area contributed by atoms with Gasteiger partial charge in [0, 0.05) is 6.42 Å². The molecule has 0 heterocycles. The van der Waals surface area contributed by atoms with Gasteiger partial charge in [-0.1, -0.05) is 12.2 Å². The Bertz CT molecular complexity index is 79.8. The van der Waals surface area contributed by atoms with E-state index in [1.54, 1.807) is 5.37 Å². The highest BCUT2D eigenvalue weighted by Crippen LogP contribution is 1.80. The van der Waals surface area contributed by atoms with Crippen LogP contribution in [0.3, 0.4) is 0 Å². The summed E-state index contributed by atoms with van der Waals surface area (Å²) in [4.78, 5) is 0. The minimum Gasteiger partial charge on any atom is -0.388 e. The van der Waals surface area contributed by atoms with Gasteiger partial charge in [0.15, 0.2) is 0 Å². The third-order valence-electron chi connectivity index (χ3n) is 0.532. The summed E-state index contributed by atoms with van der Waals surface area (Å²) >= 11 is 4.49. The minimum absolute atomic E-state index is 0.209. The van der Waals surface area contributed by atoms with Gasteiger partial charge in [-0.05, 0) is 11.8 Å². The van der Waals surface area contributed by atoms with Gasteiger partial charge >= 0.3 is 0 Å². The molecule has 3 N–H and O–H groups in total. The molecule has 7 heavy (non-hydrogen) atoms. The van der Waals surface area contributed by atoms with E-state index in [9.17, 15) is 0 Å². The van der Waals surface area contributed by atoms with Crippen molar-refractivity contribution < 1.29 is 0 Å². The SMILES string of the molecule is N=C(N)CCC=S. The highest BCUT2D eigenvalue weighted by molar-refractivity contribution is 7.78. The Morgan fingerprint density at radius 1 is 1.86 bits per heavy atom. The van der Waals surface area contributed by atoms with Crippen LogP contribution in [0, 0.1) is 5.41 Å². The van der Waals surface area contributed by atoms with Crippen LogP contribution in [-0.2, 0) is 0 Å². The van der Waals surface area contributed by atoms with Crippen molar-refractivity contribution in [3.05, 3.63) is 0 Å². The Kier molecular flexibility index (Phi) is 3.50. The molecule has 0 fully saturated rings. The van der Waals surface area contributed by atoms with Gasteiger partial charge < -0.3 is 5.73 Å². The zero-order valence-electron chi connectivity index (χ0n) is 3.98. The van der Waals surface area contributed by atoms with Crippen molar-refractivity contribution in [3.8, 4) is 0 Å². The van der Waals surface area contributed by atoms with E-state index in [-0.39, 0.29) is 5.84 Å². The predicted molar refractivity (Wildman–Crippen MR) is 34.8 cm³/mol. The molecule has 3 heteroatoms. The molecule has 0 radical (unpaired) electrons. The second-order valence-corrected chi connectivity index (χ2v) is 1.56. The molecule has 0 saturated heterocycles. The van der Waals surface area contributed by atoms with Crippen LogP contribution < -0.4 is 5.73 Å². The van der Waals surface area contributed by atoms with Gasteiger partial charge in [-0.15, -0.1) is 0 Å². The number of nitrogens with one attached hydrogen (secondary N) is 1. The number of hydrogen-bond donors (Lipinski definition) is 2. The van der Waals surface area contributed by atoms with Gasteiger partial charge in [0.2, 0.25) is 0 Å². The predicted octanol–water partition coefficient (Wildman–Crippen LogP) is 0.702. The maximum absolute atomic E-state index is 6.71. The largest absolute Gasteiger partial charge is 0.388 e. The Balaban J connectivity index is 2.97. The normalized spacial score (nSPS) is 8.00. The maximum atomic E-state index is 6.71. The lowest BCUT2D eigenvalue weighted by Crippen LogP contribution is -2.08. The zero-order chi connectivity index (χ0) is 5.70. The zero-order valence-corrected chi connectivity index (χ0v) is 4.79. The second kappa shape index (κ2) is 3.74. The molecule has 0 unspecified atom stereocenters. The van der Waals surface area contributed by atoms with E-state index in [0.29, 0.717) is 6.42 Å². The first-order valence-corrected chi connectivity index (χ1v) is 2.51. The van der Waals surface area contributed by atoms with Crippen molar-refractivity contribution in [2.45, 2.75) is 12.8 Å². The van der Waals surface area contributed by atoms with Gasteiger partial charge in [0.1, 0.15) is 0 Å². The van der Waals surface area contributed by atoms with Crippen molar-refractivity contribution >= 4 is 23.4 Å². The van der Waals surface area contributed by atoms with Crippen LogP contribution in [0.15, 0.2) is 0 Å². The first-order chi connectivity index (χ1) is 3.27. The van der Waals surface area contributed by atoms with E-state index < -0.39 is 0 Å². The number of thiocarbonyl (C=S) groups is 1. The average molecular weight is 116 g/mol. The van der Waals surface area contributed by atoms with Gasteiger partial charge in [-0.25, -0.2) is 0 Å². The molecule has 0 aliphatic rings. The molecule has 0 aromatic rings. The van der Waals surface area contributed by atoms with Gasteiger partial charge in [0.05, 0.1) is 5.84 Å². The minimum atomic E-state index is 0.209. The molecule has 40 valence electrons. The lowest BCUT2D eigenvalue weighted by molar-refractivity contribution is 1.14. The van der Waals surface area contributed by atoms with Crippen LogP contribution >= 0.6 is 12.2 Å². The molecule has 0 aliphatic carbocycles. The molecule has 0 aromatic carbocycles. The molecule has 0 aromatic heterocycles. The summed E-state index contributed by atoms with van der Waals surface area (Å²) in [6.07, 6.45) is 1.34. The fraction of sp³-hybridized carbons (Fsp3) is 0.500. The van der Waals surface area contributed by atoms with Gasteiger partial charge in [-0.3, -0.25) is 5.41 Å². The summed E-state index contributed by atoms with van der Waals surface area (Å²) in [7, 11) is 0. The van der Waals surface area contributed by atoms with Crippen LogP contribution in [0.5, 0.6) is 0 Å². The van der Waals surface area contributed by atoms with Crippen LogP contribution in [0.25, 0.3) is 0 Å². The molecule has 0 rings (SSSR count). The van der Waals surface area contributed by atoms with E-state index in [0.717, 1.165) is 6.42 Å². The first-order valence-electron chi connectivity index (χ1n) is 2.04. The Morgan fingerprint density at radius 2 is 2.43 bits per heavy atom. The fourth-order valence-electron chi connectivity index (χ4n) is 0.214. The summed E-state index contributed by atoms with van der Waals surface area (Å²) in [6, 6.07) is 0. The molecule has 0 bridgehead atoms. The molecule has 0 spiro atoms. The Labute approximate surface area is 48.2 Å². The number of amidine groups is 1. The van der Waals surface area contributed by atoms with Gasteiger partial charge in [-0.2, -0.15) is 0 Å². The van der Waals surface area contributed by atoms with E-state index in [2.05, 4.69) is 12.2 Å². The molecule has 0 amide bonds. The van der Waals surface area contributed by atoms with Gasteiger partial charge in [0.25, 0.3) is 0 Å². The van der Waals surface area contributed by atoms with Crippen molar-refractivity contribution in [1.82, 2.24) is 0 Å². The number of rotatable bonds is 3. The number of nitrogens with two attached hydrogens (primary N) is 1. The summed E-state index contributed by atoms with van der Waals surface area (Å²) < 4.78 is 0. The Morgan fingerprint density at radius 3 is 2.57 bits per heavy atom. The van der Waals surface area contributed by atoms with Crippen molar-refractivity contribution in [3.63, 3.8) is 0 Å².